The Morgan fingerprint density at radius 2 is 1.60 bits per heavy atom. The normalized spacial score (nSPS) is 21.8. The van der Waals surface area contributed by atoms with Gasteiger partial charge in [-0.3, -0.25) is 0 Å². The first-order valence-corrected chi connectivity index (χ1v) is 6.73. The van der Waals surface area contributed by atoms with E-state index in [1.54, 1.807) is 12.1 Å². The Hall–Kier alpha value is -1.77. The molecule has 20 heavy (non-hydrogen) atoms. The van der Waals surface area contributed by atoms with E-state index in [1.165, 1.54) is 6.07 Å². The van der Waals surface area contributed by atoms with E-state index in [2.05, 4.69) is 0 Å². The molecular formula is C17H15F3. The molecule has 1 aliphatic carbocycles. The van der Waals surface area contributed by atoms with E-state index in [9.17, 15) is 13.2 Å². The lowest BCUT2D eigenvalue weighted by Crippen LogP contribution is -2.09. The minimum atomic E-state index is -4.27. The second-order valence-corrected chi connectivity index (χ2v) is 5.49. The first-order valence-electron chi connectivity index (χ1n) is 6.73. The van der Waals surface area contributed by atoms with Gasteiger partial charge in [-0.15, -0.1) is 0 Å². The van der Waals surface area contributed by atoms with Crippen LogP contribution in [-0.2, 0) is 6.18 Å². The highest BCUT2D eigenvalue weighted by atomic mass is 19.4. The Bertz CT molecular complexity index is 614. The van der Waals surface area contributed by atoms with E-state index >= 15 is 0 Å². The van der Waals surface area contributed by atoms with Gasteiger partial charge in [0.15, 0.2) is 0 Å². The van der Waals surface area contributed by atoms with E-state index in [-0.39, 0.29) is 5.92 Å². The summed E-state index contributed by atoms with van der Waals surface area (Å²) in [6.45, 7) is 2.00. The Labute approximate surface area is 116 Å². The molecule has 0 spiro atoms. The zero-order valence-corrected chi connectivity index (χ0v) is 11.1. The van der Waals surface area contributed by atoms with Gasteiger partial charge in [-0.1, -0.05) is 49.4 Å². The quantitative estimate of drug-likeness (QED) is 0.679. The SMILES string of the molecule is C[C@@H]1C[C@H]1c1cc(-c2ccccc2)ccc1C(F)(F)F. The van der Waals surface area contributed by atoms with Crippen LogP contribution >= 0.6 is 0 Å². The van der Waals surface area contributed by atoms with E-state index in [0.29, 0.717) is 11.5 Å². The molecule has 0 aromatic heterocycles. The van der Waals surface area contributed by atoms with Crippen molar-refractivity contribution in [3.8, 4) is 11.1 Å². The highest BCUT2D eigenvalue weighted by Crippen LogP contribution is 2.51. The molecule has 3 heteroatoms. The van der Waals surface area contributed by atoms with Crippen LogP contribution in [0.1, 0.15) is 30.4 Å². The van der Waals surface area contributed by atoms with E-state index in [1.807, 2.05) is 37.3 Å². The van der Waals surface area contributed by atoms with Gasteiger partial charge in [-0.25, -0.2) is 0 Å². The highest BCUT2D eigenvalue weighted by molar-refractivity contribution is 5.65. The third-order valence-corrected chi connectivity index (χ3v) is 3.97. The molecule has 0 saturated heterocycles. The molecule has 1 aliphatic rings. The van der Waals surface area contributed by atoms with E-state index in [4.69, 9.17) is 0 Å². The molecule has 2 atom stereocenters. The van der Waals surface area contributed by atoms with Gasteiger partial charge in [0, 0.05) is 0 Å². The maximum absolute atomic E-state index is 13.1. The fourth-order valence-corrected chi connectivity index (χ4v) is 2.69. The zero-order valence-electron chi connectivity index (χ0n) is 11.1. The summed E-state index contributed by atoms with van der Waals surface area (Å²) in [5.41, 5.74) is 1.78. The minimum Gasteiger partial charge on any atom is -0.166 e. The minimum absolute atomic E-state index is 0.0512. The van der Waals surface area contributed by atoms with Crippen molar-refractivity contribution < 1.29 is 13.2 Å². The number of halogens is 3. The van der Waals surface area contributed by atoms with Gasteiger partial charge in [0.25, 0.3) is 0 Å². The van der Waals surface area contributed by atoms with Crippen LogP contribution in [0.4, 0.5) is 13.2 Å². The summed E-state index contributed by atoms with van der Waals surface area (Å²) >= 11 is 0. The number of rotatable bonds is 2. The highest BCUT2D eigenvalue weighted by Gasteiger charge is 2.42. The van der Waals surface area contributed by atoms with Crippen molar-refractivity contribution in [2.45, 2.75) is 25.4 Å². The predicted molar refractivity (Wildman–Crippen MR) is 73.4 cm³/mol. The Morgan fingerprint density at radius 3 is 2.15 bits per heavy atom. The van der Waals surface area contributed by atoms with Crippen molar-refractivity contribution >= 4 is 0 Å². The maximum atomic E-state index is 13.1. The van der Waals surface area contributed by atoms with E-state index < -0.39 is 11.7 Å². The van der Waals surface area contributed by atoms with Crippen LogP contribution in [0.2, 0.25) is 0 Å². The summed E-state index contributed by atoms with van der Waals surface area (Å²) in [6, 6.07) is 14.0. The second-order valence-electron chi connectivity index (χ2n) is 5.49. The number of alkyl halides is 3. The molecule has 0 aliphatic heterocycles. The van der Waals surface area contributed by atoms with Gasteiger partial charge in [0.1, 0.15) is 0 Å². The van der Waals surface area contributed by atoms with Crippen molar-refractivity contribution in [2.75, 3.05) is 0 Å². The summed E-state index contributed by atoms with van der Waals surface area (Å²) in [5, 5.41) is 0. The Morgan fingerprint density at radius 1 is 0.950 bits per heavy atom. The molecule has 2 aromatic rings. The third-order valence-electron chi connectivity index (χ3n) is 3.97. The van der Waals surface area contributed by atoms with Gasteiger partial charge in [-0.05, 0) is 41.0 Å². The number of hydrogen-bond donors (Lipinski definition) is 0. The van der Waals surface area contributed by atoms with Crippen LogP contribution in [0.15, 0.2) is 48.5 Å². The summed E-state index contributed by atoms with van der Waals surface area (Å²) in [4.78, 5) is 0. The molecule has 0 amide bonds. The van der Waals surface area contributed by atoms with Crippen LogP contribution in [-0.4, -0.2) is 0 Å². The second kappa shape index (κ2) is 4.65. The smallest absolute Gasteiger partial charge is 0.166 e. The molecular weight excluding hydrogens is 261 g/mol. The van der Waals surface area contributed by atoms with Gasteiger partial charge in [0.2, 0.25) is 0 Å². The fourth-order valence-electron chi connectivity index (χ4n) is 2.69. The fraction of sp³-hybridized carbons (Fsp3) is 0.294. The monoisotopic (exact) mass is 276 g/mol. The molecule has 0 heterocycles. The van der Waals surface area contributed by atoms with Gasteiger partial charge >= 0.3 is 6.18 Å². The summed E-state index contributed by atoms with van der Waals surface area (Å²) in [5.74, 6) is 0.400. The lowest BCUT2D eigenvalue weighted by Gasteiger charge is -2.14. The molecule has 3 rings (SSSR count). The van der Waals surface area contributed by atoms with Crippen molar-refractivity contribution in [3.05, 3.63) is 59.7 Å². The van der Waals surface area contributed by atoms with Crippen molar-refractivity contribution in [2.24, 2.45) is 5.92 Å². The first kappa shape index (κ1) is 13.2. The zero-order chi connectivity index (χ0) is 14.3. The average Bonchev–Trinajstić information content (AvgIpc) is 3.15. The van der Waals surface area contributed by atoms with Crippen molar-refractivity contribution in [1.82, 2.24) is 0 Å². The summed E-state index contributed by atoms with van der Waals surface area (Å²) < 4.78 is 39.3. The van der Waals surface area contributed by atoms with Crippen molar-refractivity contribution in [3.63, 3.8) is 0 Å². The van der Waals surface area contributed by atoms with Gasteiger partial charge in [0.05, 0.1) is 5.56 Å². The summed E-state index contributed by atoms with van der Waals surface area (Å²) in [7, 11) is 0. The largest absolute Gasteiger partial charge is 0.416 e. The van der Waals surface area contributed by atoms with Crippen LogP contribution in [0.5, 0.6) is 0 Å². The molecule has 1 fully saturated rings. The topological polar surface area (TPSA) is 0 Å². The predicted octanol–water partition coefficient (Wildman–Crippen LogP) is 5.50. The van der Waals surface area contributed by atoms with Gasteiger partial charge in [-0.2, -0.15) is 13.2 Å². The number of benzene rings is 2. The Kier molecular flexibility index (Phi) is 3.08. The summed E-state index contributed by atoms with van der Waals surface area (Å²) in [6.07, 6.45) is -3.42. The molecule has 0 bridgehead atoms. The molecule has 0 unspecified atom stereocenters. The lowest BCUT2D eigenvalue weighted by atomic mass is 9.95. The maximum Gasteiger partial charge on any atom is 0.416 e. The first-order chi connectivity index (χ1) is 9.47. The van der Waals surface area contributed by atoms with Crippen LogP contribution in [0, 0.1) is 5.92 Å². The molecule has 2 aromatic carbocycles. The standard InChI is InChI=1S/C17H15F3/c1-11-9-14(11)15-10-13(12-5-3-2-4-6-12)7-8-16(15)17(18,19)20/h2-8,10-11,14H,9H2,1H3/t11-,14-/m1/s1. The molecule has 1 saturated carbocycles. The Balaban J connectivity index is 2.08. The van der Waals surface area contributed by atoms with Gasteiger partial charge < -0.3 is 0 Å². The third kappa shape index (κ3) is 2.45. The van der Waals surface area contributed by atoms with Crippen LogP contribution < -0.4 is 0 Å². The van der Waals surface area contributed by atoms with E-state index in [0.717, 1.165) is 17.5 Å². The van der Waals surface area contributed by atoms with Crippen molar-refractivity contribution in [1.29, 1.82) is 0 Å². The molecule has 0 N–H and O–H groups in total. The van der Waals surface area contributed by atoms with Crippen LogP contribution in [0.25, 0.3) is 11.1 Å². The molecule has 104 valence electrons. The molecule has 0 nitrogen and oxygen atoms in total. The van der Waals surface area contributed by atoms with Crippen LogP contribution in [0.3, 0.4) is 0 Å². The average molecular weight is 276 g/mol. The lowest BCUT2D eigenvalue weighted by molar-refractivity contribution is -0.138. The molecule has 0 radical (unpaired) electrons. The number of hydrogen-bond acceptors (Lipinski definition) is 0.